The molecular formula is C13H24N4S. The molecular weight excluding hydrogens is 244 g/mol. The molecule has 0 spiro atoms. The summed E-state index contributed by atoms with van der Waals surface area (Å²) in [5.41, 5.74) is 0. The molecule has 0 aromatic carbocycles. The number of hydrogen-bond acceptors (Lipinski definition) is 5. The quantitative estimate of drug-likeness (QED) is 0.877. The molecule has 0 amide bonds. The Morgan fingerprint density at radius 3 is 2.56 bits per heavy atom. The van der Waals surface area contributed by atoms with Gasteiger partial charge in [0.05, 0.1) is 0 Å². The maximum atomic E-state index is 4.39. The lowest BCUT2D eigenvalue weighted by molar-refractivity contribution is 0.145. The third-order valence-electron chi connectivity index (χ3n) is 3.66. The third kappa shape index (κ3) is 3.22. The highest BCUT2D eigenvalue weighted by Crippen LogP contribution is 2.20. The molecule has 18 heavy (non-hydrogen) atoms. The van der Waals surface area contributed by atoms with Gasteiger partial charge >= 0.3 is 0 Å². The number of nitrogens with zero attached hydrogens (tertiary/aromatic N) is 3. The second kappa shape index (κ2) is 6.50. The van der Waals surface area contributed by atoms with Crippen LogP contribution in [0.5, 0.6) is 0 Å². The van der Waals surface area contributed by atoms with Crippen LogP contribution >= 0.6 is 11.3 Å². The summed E-state index contributed by atoms with van der Waals surface area (Å²) in [4.78, 5) is 9.41. The van der Waals surface area contributed by atoms with Gasteiger partial charge in [-0.05, 0) is 13.0 Å². The zero-order chi connectivity index (χ0) is 13.0. The molecule has 0 radical (unpaired) electrons. The number of rotatable bonds is 5. The first-order chi connectivity index (χ1) is 8.72. The Morgan fingerprint density at radius 1 is 1.33 bits per heavy atom. The minimum atomic E-state index is 0.647. The fourth-order valence-corrected chi connectivity index (χ4v) is 3.31. The summed E-state index contributed by atoms with van der Waals surface area (Å²) in [5.74, 6) is 0.698. The normalized spacial score (nSPS) is 19.4. The van der Waals surface area contributed by atoms with E-state index in [9.17, 15) is 0 Å². The van der Waals surface area contributed by atoms with Gasteiger partial charge < -0.3 is 10.2 Å². The average Bonchev–Trinajstić information content (AvgIpc) is 2.90. The van der Waals surface area contributed by atoms with E-state index in [1.54, 1.807) is 11.3 Å². The molecule has 1 aromatic rings. The van der Waals surface area contributed by atoms with Gasteiger partial charge in [-0.25, -0.2) is 4.98 Å². The smallest absolute Gasteiger partial charge is 0.185 e. The lowest BCUT2D eigenvalue weighted by atomic mass is 10.0. The largest absolute Gasteiger partial charge is 0.346 e. The van der Waals surface area contributed by atoms with Crippen LogP contribution in [-0.2, 0) is 0 Å². The average molecular weight is 268 g/mol. The maximum absolute atomic E-state index is 4.39. The second-order valence-corrected chi connectivity index (χ2v) is 6.08. The molecule has 0 saturated carbocycles. The standard InChI is InChI=1S/C13H24N4S/c1-11(2)12(10-14-3)16-5-7-17(8-6-16)13-15-4-9-18-13/h4,9,11-12,14H,5-8,10H2,1-3H3. The van der Waals surface area contributed by atoms with Crippen LogP contribution in [-0.4, -0.2) is 55.7 Å². The highest BCUT2D eigenvalue weighted by atomic mass is 32.1. The highest BCUT2D eigenvalue weighted by Gasteiger charge is 2.26. The Bertz CT molecular complexity index is 331. The lowest BCUT2D eigenvalue weighted by Crippen LogP contribution is -2.54. The van der Waals surface area contributed by atoms with Gasteiger partial charge in [0.2, 0.25) is 0 Å². The molecule has 1 aromatic heterocycles. The summed E-state index contributed by atoms with van der Waals surface area (Å²) >= 11 is 1.74. The van der Waals surface area contributed by atoms with E-state index in [1.807, 2.05) is 13.2 Å². The maximum Gasteiger partial charge on any atom is 0.185 e. The minimum Gasteiger partial charge on any atom is -0.346 e. The van der Waals surface area contributed by atoms with Gasteiger partial charge in [-0.3, -0.25) is 4.90 Å². The van der Waals surface area contributed by atoms with Crippen molar-refractivity contribution in [1.29, 1.82) is 0 Å². The fourth-order valence-electron chi connectivity index (χ4n) is 2.61. The van der Waals surface area contributed by atoms with Crippen molar-refractivity contribution in [3.8, 4) is 0 Å². The molecule has 5 heteroatoms. The first kappa shape index (κ1) is 13.8. The predicted octanol–water partition coefficient (Wildman–Crippen LogP) is 1.51. The number of likely N-dealkylation sites (N-methyl/N-ethyl adjacent to an activating group) is 1. The van der Waals surface area contributed by atoms with E-state index in [-0.39, 0.29) is 0 Å². The van der Waals surface area contributed by atoms with Gasteiger partial charge in [-0.1, -0.05) is 13.8 Å². The van der Waals surface area contributed by atoms with Crippen molar-refractivity contribution in [3.63, 3.8) is 0 Å². The minimum absolute atomic E-state index is 0.647. The highest BCUT2D eigenvalue weighted by molar-refractivity contribution is 7.13. The number of anilines is 1. The molecule has 1 N–H and O–H groups in total. The molecule has 2 heterocycles. The van der Waals surface area contributed by atoms with Crippen LogP contribution < -0.4 is 10.2 Å². The Labute approximate surface area is 114 Å². The molecule has 2 rings (SSSR count). The number of aromatic nitrogens is 1. The first-order valence-electron chi connectivity index (χ1n) is 6.75. The summed E-state index contributed by atoms with van der Waals surface area (Å²) < 4.78 is 0. The molecule has 0 aliphatic carbocycles. The summed E-state index contributed by atoms with van der Waals surface area (Å²) in [7, 11) is 2.04. The third-order valence-corrected chi connectivity index (χ3v) is 4.49. The predicted molar refractivity (Wildman–Crippen MR) is 78.5 cm³/mol. The van der Waals surface area contributed by atoms with Gasteiger partial charge in [0.1, 0.15) is 0 Å². The van der Waals surface area contributed by atoms with E-state index in [4.69, 9.17) is 0 Å². The lowest BCUT2D eigenvalue weighted by Gasteiger charge is -2.40. The van der Waals surface area contributed by atoms with Crippen molar-refractivity contribution in [2.75, 3.05) is 44.7 Å². The summed E-state index contributed by atoms with van der Waals surface area (Å²) in [6, 6.07) is 0.647. The van der Waals surface area contributed by atoms with E-state index in [0.29, 0.717) is 12.0 Å². The summed E-state index contributed by atoms with van der Waals surface area (Å²) in [6.45, 7) is 10.2. The van der Waals surface area contributed by atoms with Crippen LogP contribution in [0.1, 0.15) is 13.8 Å². The van der Waals surface area contributed by atoms with Crippen LogP contribution in [0.2, 0.25) is 0 Å². The van der Waals surface area contributed by atoms with Crippen LogP contribution in [0.15, 0.2) is 11.6 Å². The topological polar surface area (TPSA) is 31.4 Å². The number of nitrogens with one attached hydrogen (secondary N) is 1. The molecule has 102 valence electrons. The zero-order valence-electron chi connectivity index (χ0n) is 11.6. The van der Waals surface area contributed by atoms with Crippen molar-refractivity contribution in [2.45, 2.75) is 19.9 Å². The number of thiazole rings is 1. The molecule has 4 nitrogen and oxygen atoms in total. The van der Waals surface area contributed by atoms with Crippen LogP contribution in [0.4, 0.5) is 5.13 Å². The van der Waals surface area contributed by atoms with Crippen LogP contribution in [0, 0.1) is 5.92 Å². The zero-order valence-corrected chi connectivity index (χ0v) is 12.4. The molecule has 1 aliphatic rings. The molecule has 1 aliphatic heterocycles. The van der Waals surface area contributed by atoms with Crippen molar-refractivity contribution >= 4 is 16.5 Å². The monoisotopic (exact) mass is 268 g/mol. The van der Waals surface area contributed by atoms with Gasteiger partial charge in [0, 0.05) is 50.3 Å². The first-order valence-corrected chi connectivity index (χ1v) is 7.63. The molecule has 1 unspecified atom stereocenters. The molecule has 0 bridgehead atoms. The summed E-state index contributed by atoms with van der Waals surface area (Å²) in [6.07, 6.45) is 1.89. The van der Waals surface area contributed by atoms with E-state index < -0.39 is 0 Å². The van der Waals surface area contributed by atoms with Gasteiger partial charge in [0.15, 0.2) is 5.13 Å². The van der Waals surface area contributed by atoms with Crippen molar-refractivity contribution in [1.82, 2.24) is 15.2 Å². The molecule has 1 saturated heterocycles. The summed E-state index contributed by atoms with van der Waals surface area (Å²) in [5, 5.41) is 6.55. The SMILES string of the molecule is CNCC(C(C)C)N1CCN(c2nccs2)CC1. The van der Waals surface area contributed by atoms with E-state index >= 15 is 0 Å². The van der Waals surface area contributed by atoms with Crippen molar-refractivity contribution < 1.29 is 0 Å². The molecule has 1 atom stereocenters. The Balaban J connectivity index is 1.89. The number of hydrogen-bond donors (Lipinski definition) is 1. The Morgan fingerprint density at radius 2 is 2.06 bits per heavy atom. The fraction of sp³-hybridized carbons (Fsp3) is 0.769. The Hall–Kier alpha value is -0.650. The van der Waals surface area contributed by atoms with E-state index in [1.165, 1.54) is 5.13 Å². The van der Waals surface area contributed by atoms with E-state index in [2.05, 4.69) is 39.3 Å². The van der Waals surface area contributed by atoms with Crippen LogP contribution in [0.25, 0.3) is 0 Å². The van der Waals surface area contributed by atoms with Crippen molar-refractivity contribution in [2.24, 2.45) is 5.92 Å². The number of piperazine rings is 1. The van der Waals surface area contributed by atoms with Gasteiger partial charge in [-0.15, -0.1) is 11.3 Å². The van der Waals surface area contributed by atoms with Gasteiger partial charge in [0.25, 0.3) is 0 Å². The second-order valence-electron chi connectivity index (χ2n) is 5.21. The van der Waals surface area contributed by atoms with Crippen molar-refractivity contribution in [3.05, 3.63) is 11.6 Å². The Kier molecular flexibility index (Phi) is 4.97. The van der Waals surface area contributed by atoms with Gasteiger partial charge in [-0.2, -0.15) is 0 Å². The van der Waals surface area contributed by atoms with Crippen LogP contribution in [0.3, 0.4) is 0 Å². The van der Waals surface area contributed by atoms with E-state index in [0.717, 1.165) is 32.7 Å². The molecule has 1 fully saturated rings.